The van der Waals surface area contributed by atoms with Crippen molar-refractivity contribution in [3.05, 3.63) is 23.8 Å². The van der Waals surface area contributed by atoms with E-state index >= 15 is 0 Å². The monoisotopic (exact) mass is 209 g/mol. The highest BCUT2D eigenvalue weighted by Gasteiger charge is 1.99. The topological polar surface area (TPSA) is 72.5 Å². The van der Waals surface area contributed by atoms with Gasteiger partial charge >= 0.3 is 5.97 Å². The molecule has 0 aliphatic rings. The number of nitrogens with two attached hydrogens (primary N) is 1. The van der Waals surface area contributed by atoms with E-state index in [9.17, 15) is 4.79 Å². The van der Waals surface area contributed by atoms with Crippen molar-refractivity contribution in [1.82, 2.24) is 0 Å². The first-order valence-corrected chi connectivity index (χ1v) is 4.80. The quantitative estimate of drug-likeness (QED) is 0.573. The van der Waals surface area contributed by atoms with E-state index in [0.717, 1.165) is 17.0 Å². The molecule has 0 heterocycles. The molecule has 15 heavy (non-hydrogen) atoms. The number of hydrogen-bond donors (Lipinski definition) is 2. The van der Waals surface area contributed by atoms with E-state index < -0.39 is 5.97 Å². The fourth-order valence-corrected chi connectivity index (χ4v) is 1.15. The van der Waals surface area contributed by atoms with Crippen LogP contribution in [0.25, 0.3) is 0 Å². The van der Waals surface area contributed by atoms with E-state index in [2.05, 4.69) is 0 Å². The molecule has 0 unspecified atom stereocenters. The predicted octanol–water partition coefficient (Wildman–Crippen LogP) is 1.82. The normalized spacial score (nSPS) is 9.93. The van der Waals surface area contributed by atoms with Crippen LogP contribution in [0.2, 0.25) is 0 Å². The van der Waals surface area contributed by atoms with Gasteiger partial charge in [-0.25, -0.2) is 0 Å². The first-order chi connectivity index (χ1) is 7.09. The summed E-state index contributed by atoms with van der Waals surface area (Å²) in [5.41, 5.74) is 7.34. The van der Waals surface area contributed by atoms with Gasteiger partial charge in [-0.1, -0.05) is 0 Å². The second kappa shape index (κ2) is 5.24. The molecule has 0 fully saturated rings. The summed E-state index contributed by atoms with van der Waals surface area (Å²) >= 11 is 0. The van der Waals surface area contributed by atoms with Crippen LogP contribution >= 0.6 is 0 Å². The van der Waals surface area contributed by atoms with Crippen LogP contribution in [0.5, 0.6) is 5.75 Å². The summed E-state index contributed by atoms with van der Waals surface area (Å²) < 4.78 is 5.37. The Balaban J connectivity index is 2.38. The van der Waals surface area contributed by atoms with Gasteiger partial charge in [0.25, 0.3) is 0 Å². The maximum Gasteiger partial charge on any atom is 0.303 e. The number of anilines is 1. The fourth-order valence-electron chi connectivity index (χ4n) is 1.15. The molecule has 1 rings (SSSR count). The van der Waals surface area contributed by atoms with Crippen LogP contribution in [0.4, 0.5) is 5.69 Å². The Labute approximate surface area is 88.7 Å². The van der Waals surface area contributed by atoms with Gasteiger partial charge in [0.1, 0.15) is 5.75 Å². The number of hydrogen-bond acceptors (Lipinski definition) is 3. The Bertz CT molecular complexity index is 350. The average molecular weight is 209 g/mol. The largest absolute Gasteiger partial charge is 0.494 e. The van der Waals surface area contributed by atoms with Gasteiger partial charge in [-0.3, -0.25) is 4.79 Å². The molecule has 4 heteroatoms. The van der Waals surface area contributed by atoms with Crippen LogP contribution in [-0.2, 0) is 4.79 Å². The highest BCUT2D eigenvalue weighted by Crippen LogP contribution is 2.18. The van der Waals surface area contributed by atoms with Gasteiger partial charge in [0.15, 0.2) is 0 Å². The van der Waals surface area contributed by atoms with Crippen molar-refractivity contribution in [2.75, 3.05) is 12.3 Å². The maximum atomic E-state index is 10.2. The number of aryl methyl sites for hydroxylation is 1. The van der Waals surface area contributed by atoms with E-state index in [1.807, 2.05) is 13.0 Å². The van der Waals surface area contributed by atoms with Crippen molar-refractivity contribution in [2.24, 2.45) is 0 Å². The summed E-state index contributed by atoms with van der Waals surface area (Å²) in [6.45, 7) is 2.31. The Morgan fingerprint density at radius 2 is 2.27 bits per heavy atom. The van der Waals surface area contributed by atoms with Crippen molar-refractivity contribution in [3.63, 3.8) is 0 Å². The average Bonchev–Trinajstić information content (AvgIpc) is 2.18. The minimum Gasteiger partial charge on any atom is -0.494 e. The summed E-state index contributed by atoms with van der Waals surface area (Å²) in [4.78, 5) is 10.2. The molecule has 4 nitrogen and oxygen atoms in total. The van der Waals surface area contributed by atoms with E-state index in [4.69, 9.17) is 15.6 Å². The lowest BCUT2D eigenvalue weighted by Crippen LogP contribution is -2.02. The SMILES string of the molecule is Cc1cc(OCCCC(=O)O)ccc1N. The molecule has 0 aromatic heterocycles. The number of carboxylic acids is 1. The molecule has 1 aromatic carbocycles. The number of carboxylic acid groups (broad SMARTS) is 1. The molecule has 82 valence electrons. The molecule has 0 atom stereocenters. The molecule has 3 N–H and O–H groups in total. The maximum absolute atomic E-state index is 10.2. The van der Waals surface area contributed by atoms with Crippen molar-refractivity contribution in [2.45, 2.75) is 19.8 Å². The van der Waals surface area contributed by atoms with Crippen LogP contribution in [0, 0.1) is 6.92 Å². The zero-order valence-electron chi connectivity index (χ0n) is 8.69. The summed E-state index contributed by atoms with van der Waals surface area (Å²) in [6.07, 6.45) is 0.646. The van der Waals surface area contributed by atoms with Crippen LogP contribution in [0.1, 0.15) is 18.4 Å². The highest BCUT2D eigenvalue weighted by molar-refractivity contribution is 5.66. The third-order valence-corrected chi connectivity index (χ3v) is 2.04. The smallest absolute Gasteiger partial charge is 0.303 e. The van der Waals surface area contributed by atoms with Crippen molar-refractivity contribution in [1.29, 1.82) is 0 Å². The zero-order valence-corrected chi connectivity index (χ0v) is 8.69. The Morgan fingerprint density at radius 1 is 1.53 bits per heavy atom. The number of aliphatic carboxylic acids is 1. The van der Waals surface area contributed by atoms with Gasteiger partial charge in [-0.05, 0) is 37.1 Å². The van der Waals surface area contributed by atoms with Crippen LogP contribution < -0.4 is 10.5 Å². The highest BCUT2D eigenvalue weighted by atomic mass is 16.5. The minimum absolute atomic E-state index is 0.133. The lowest BCUT2D eigenvalue weighted by Gasteiger charge is -2.07. The Morgan fingerprint density at radius 3 is 2.87 bits per heavy atom. The molecular weight excluding hydrogens is 194 g/mol. The van der Waals surface area contributed by atoms with Gasteiger partial charge < -0.3 is 15.6 Å². The number of benzene rings is 1. The van der Waals surface area contributed by atoms with Gasteiger partial charge in [-0.2, -0.15) is 0 Å². The third-order valence-electron chi connectivity index (χ3n) is 2.04. The molecule has 0 saturated heterocycles. The molecule has 0 radical (unpaired) electrons. The molecule has 0 saturated carbocycles. The molecule has 0 spiro atoms. The third kappa shape index (κ3) is 3.89. The number of ether oxygens (including phenoxy) is 1. The lowest BCUT2D eigenvalue weighted by molar-refractivity contribution is -0.137. The van der Waals surface area contributed by atoms with Crippen LogP contribution in [0.15, 0.2) is 18.2 Å². The van der Waals surface area contributed by atoms with E-state index in [-0.39, 0.29) is 6.42 Å². The fraction of sp³-hybridized carbons (Fsp3) is 0.364. The standard InChI is InChI=1S/C11H15NO3/c1-8-7-9(4-5-10(8)12)15-6-2-3-11(13)14/h4-5,7H,2-3,6,12H2,1H3,(H,13,14). The first kappa shape index (κ1) is 11.4. The molecule has 0 bridgehead atoms. The summed E-state index contributed by atoms with van der Waals surface area (Å²) in [5, 5.41) is 8.42. The van der Waals surface area contributed by atoms with Crippen molar-refractivity contribution < 1.29 is 14.6 Å². The Hall–Kier alpha value is -1.71. The lowest BCUT2D eigenvalue weighted by atomic mass is 10.2. The van der Waals surface area contributed by atoms with Gasteiger partial charge in [0, 0.05) is 12.1 Å². The molecule has 0 amide bonds. The molecule has 0 aliphatic heterocycles. The second-order valence-electron chi connectivity index (χ2n) is 3.36. The van der Waals surface area contributed by atoms with E-state index in [0.29, 0.717) is 13.0 Å². The summed E-state index contributed by atoms with van der Waals surface area (Å²) in [6, 6.07) is 5.40. The van der Waals surface area contributed by atoms with Crippen molar-refractivity contribution >= 4 is 11.7 Å². The van der Waals surface area contributed by atoms with E-state index in [1.165, 1.54) is 0 Å². The van der Waals surface area contributed by atoms with Crippen LogP contribution in [0.3, 0.4) is 0 Å². The summed E-state index contributed by atoms with van der Waals surface area (Å²) in [5.74, 6) is -0.0702. The minimum atomic E-state index is -0.799. The van der Waals surface area contributed by atoms with Crippen LogP contribution in [-0.4, -0.2) is 17.7 Å². The number of rotatable bonds is 5. The summed E-state index contributed by atoms with van der Waals surface area (Å²) in [7, 11) is 0. The molecule has 0 aliphatic carbocycles. The second-order valence-corrected chi connectivity index (χ2v) is 3.36. The molecular formula is C11H15NO3. The Kier molecular flexibility index (Phi) is 3.97. The van der Waals surface area contributed by atoms with Gasteiger partial charge in [0.2, 0.25) is 0 Å². The van der Waals surface area contributed by atoms with Gasteiger partial charge in [0.05, 0.1) is 6.61 Å². The molecule has 1 aromatic rings. The number of carbonyl (C=O) groups is 1. The number of nitrogen functional groups attached to an aromatic ring is 1. The van der Waals surface area contributed by atoms with E-state index in [1.54, 1.807) is 12.1 Å². The first-order valence-electron chi connectivity index (χ1n) is 4.80. The predicted molar refractivity (Wildman–Crippen MR) is 58.0 cm³/mol. The van der Waals surface area contributed by atoms with Crippen molar-refractivity contribution in [3.8, 4) is 5.75 Å². The zero-order chi connectivity index (χ0) is 11.3. The van der Waals surface area contributed by atoms with Gasteiger partial charge in [-0.15, -0.1) is 0 Å².